The molecule has 0 aliphatic carbocycles. The van der Waals surface area contributed by atoms with Crippen LogP contribution in [0.4, 0.5) is 18.9 Å². The second-order valence-electron chi connectivity index (χ2n) is 4.43. The van der Waals surface area contributed by atoms with E-state index in [-0.39, 0.29) is 17.0 Å². The van der Waals surface area contributed by atoms with Crippen LogP contribution in [0.5, 0.6) is 5.75 Å². The van der Waals surface area contributed by atoms with Crippen LogP contribution >= 0.6 is 0 Å². The van der Waals surface area contributed by atoms with E-state index in [0.717, 1.165) is 6.07 Å². The lowest BCUT2D eigenvalue weighted by molar-refractivity contribution is -0.184. The minimum absolute atomic E-state index is 0.00293. The molecule has 0 saturated heterocycles. The van der Waals surface area contributed by atoms with Gasteiger partial charge in [-0.25, -0.2) is 0 Å². The number of nitrogens with two attached hydrogens (primary N) is 2. The van der Waals surface area contributed by atoms with E-state index in [0.29, 0.717) is 6.92 Å². The van der Waals surface area contributed by atoms with Crippen LogP contribution in [0.15, 0.2) is 18.2 Å². The predicted octanol–water partition coefficient (Wildman–Crippen LogP) is 1.01. The Morgan fingerprint density at radius 3 is 2.29 bits per heavy atom. The first-order chi connectivity index (χ1) is 9.50. The number of benzene rings is 1. The van der Waals surface area contributed by atoms with Gasteiger partial charge in [0.25, 0.3) is 5.91 Å². The highest BCUT2D eigenvalue weighted by Gasteiger charge is 2.54. The summed E-state index contributed by atoms with van der Waals surface area (Å²) in [5, 5.41) is 1.99. The number of alkyl halides is 3. The quantitative estimate of drug-likeness (QED) is 0.771. The van der Waals surface area contributed by atoms with Crippen LogP contribution in [0, 0.1) is 0 Å². The van der Waals surface area contributed by atoms with E-state index in [9.17, 15) is 22.8 Å². The van der Waals surface area contributed by atoms with Gasteiger partial charge < -0.3 is 21.5 Å². The third-order valence-electron chi connectivity index (χ3n) is 2.79. The van der Waals surface area contributed by atoms with Crippen molar-refractivity contribution in [2.24, 2.45) is 11.5 Å². The average molecular weight is 305 g/mol. The van der Waals surface area contributed by atoms with Gasteiger partial charge in [0.2, 0.25) is 5.91 Å². The summed E-state index contributed by atoms with van der Waals surface area (Å²) in [6.07, 6.45) is -4.94. The Balaban J connectivity index is 3.15. The number of methoxy groups -OCH3 is 1. The van der Waals surface area contributed by atoms with Crippen LogP contribution < -0.4 is 21.5 Å². The topological polar surface area (TPSA) is 107 Å². The number of hydrogen-bond donors (Lipinski definition) is 3. The van der Waals surface area contributed by atoms with Crippen LogP contribution in [0.3, 0.4) is 0 Å². The SMILES string of the molecule is COc1ccc(C(N)=O)cc1NC(=O)C(C)(N)C(F)(F)F. The van der Waals surface area contributed by atoms with Crippen molar-refractivity contribution in [3.63, 3.8) is 0 Å². The van der Waals surface area contributed by atoms with Gasteiger partial charge in [-0.05, 0) is 25.1 Å². The molecule has 0 aliphatic heterocycles. The fourth-order valence-electron chi connectivity index (χ4n) is 1.34. The lowest BCUT2D eigenvalue weighted by Gasteiger charge is -2.26. The van der Waals surface area contributed by atoms with Crippen LogP contribution in [-0.2, 0) is 4.79 Å². The molecule has 1 aromatic rings. The average Bonchev–Trinajstić information content (AvgIpc) is 2.37. The van der Waals surface area contributed by atoms with E-state index in [1.807, 2.05) is 5.32 Å². The first kappa shape index (κ1) is 16.8. The highest BCUT2D eigenvalue weighted by molar-refractivity contribution is 6.01. The molecule has 0 saturated carbocycles. The van der Waals surface area contributed by atoms with Gasteiger partial charge in [0, 0.05) is 5.56 Å². The minimum Gasteiger partial charge on any atom is -0.495 e. The van der Waals surface area contributed by atoms with Crippen LogP contribution in [0.1, 0.15) is 17.3 Å². The molecular formula is C12H14F3N3O3. The molecule has 6 nitrogen and oxygen atoms in total. The number of anilines is 1. The lowest BCUT2D eigenvalue weighted by Crippen LogP contribution is -2.59. The maximum atomic E-state index is 12.7. The van der Waals surface area contributed by atoms with Gasteiger partial charge in [0.1, 0.15) is 5.75 Å². The molecule has 0 aromatic heterocycles. The molecule has 21 heavy (non-hydrogen) atoms. The van der Waals surface area contributed by atoms with Gasteiger partial charge in [-0.2, -0.15) is 13.2 Å². The number of carbonyl (C=O) groups is 2. The van der Waals surface area contributed by atoms with Gasteiger partial charge in [0.15, 0.2) is 5.54 Å². The third kappa shape index (κ3) is 3.43. The van der Waals surface area contributed by atoms with Crippen molar-refractivity contribution >= 4 is 17.5 Å². The molecule has 1 atom stereocenters. The second-order valence-corrected chi connectivity index (χ2v) is 4.43. The molecule has 0 spiro atoms. The maximum Gasteiger partial charge on any atom is 0.415 e. The number of ether oxygens (including phenoxy) is 1. The first-order valence-corrected chi connectivity index (χ1v) is 5.65. The summed E-state index contributed by atoms with van der Waals surface area (Å²) in [5.74, 6) is -2.24. The van der Waals surface area contributed by atoms with Gasteiger partial charge >= 0.3 is 6.18 Å². The van der Waals surface area contributed by atoms with Crippen molar-refractivity contribution in [3.05, 3.63) is 23.8 Å². The van der Waals surface area contributed by atoms with Crippen LogP contribution in [0.25, 0.3) is 0 Å². The highest BCUT2D eigenvalue weighted by atomic mass is 19.4. The van der Waals surface area contributed by atoms with Crippen LogP contribution in [-0.4, -0.2) is 30.6 Å². The maximum absolute atomic E-state index is 12.7. The van der Waals surface area contributed by atoms with Gasteiger partial charge in [-0.15, -0.1) is 0 Å². The van der Waals surface area contributed by atoms with Crippen LogP contribution in [0.2, 0.25) is 0 Å². The molecule has 0 heterocycles. The van der Waals surface area contributed by atoms with Crippen molar-refractivity contribution in [3.8, 4) is 5.75 Å². The summed E-state index contributed by atoms with van der Waals surface area (Å²) in [6.45, 7) is 0.534. The number of hydrogen-bond acceptors (Lipinski definition) is 4. The molecular weight excluding hydrogens is 291 g/mol. The molecule has 0 fully saturated rings. The summed E-state index contributed by atoms with van der Waals surface area (Å²) in [4.78, 5) is 22.8. The van der Waals surface area contributed by atoms with Crippen molar-refractivity contribution < 1.29 is 27.5 Å². The van der Waals surface area contributed by atoms with Crippen molar-refractivity contribution in [2.75, 3.05) is 12.4 Å². The summed E-state index contributed by atoms with van der Waals surface area (Å²) < 4.78 is 42.9. The summed E-state index contributed by atoms with van der Waals surface area (Å²) in [6, 6.07) is 3.70. The Kier molecular flexibility index (Phi) is 4.47. The minimum atomic E-state index is -4.94. The van der Waals surface area contributed by atoms with E-state index in [1.165, 1.54) is 19.2 Å². The number of halogens is 3. The van der Waals surface area contributed by atoms with E-state index >= 15 is 0 Å². The first-order valence-electron chi connectivity index (χ1n) is 5.65. The Morgan fingerprint density at radius 1 is 1.29 bits per heavy atom. The molecule has 116 valence electrons. The molecule has 5 N–H and O–H groups in total. The standard InChI is InChI=1S/C12H14F3N3O3/c1-11(17,12(13,14)15)10(20)18-7-5-6(9(16)19)3-4-8(7)21-2/h3-5H,17H2,1-2H3,(H2,16,19)(H,18,20). The molecule has 1 rings (SSSR count). The zero-order valence-electron chi connectivity index (χ0n) is 11.2. The summed E-state index contributed by atoms with van der Waals surface area (Å²) in [5.41, 5.74) is 6.83. The fraction of sp³-hybridized carbons (Fsp3) is 0.333. The fourth-order valence-corrected chi connectivity index (χ4v) is 1.34. The Labute approximate surface area is 118 Å². The van der Waals surface area contributed by atoms with E-state index in [4.69, 9.17) is 16.2 Å². The smallest absolute Gasteiger partial charge is 0.415 e. The van der Waals surface area contributed by atoms with E-state index < -0.39 is 23.5 Å². The lowest BCUT2D eigenvalue weighted by atomic mass is 10.0. The normalized spacial score (nSPS) is 14.2. The molecule has 0 bridgehead atoms. The Bertz CT molecular complexity index is 571. The Morgan fingerprint density at radius 2 is 1.86 bits per heavy atom. The van der Waals surface area contributed by atoms with E-state index in [1.54, 1.807) is 0 Å². The monoisotopic (exact) mass is 305 g/mol. The predicted molar refractivity (Wildman–Crippen MR) is 68.8 cm³/mol. The number of primary amides is 1. The van der Waals surface area contributed by atoms with Crippen molar-refractivity contribution in [1.29, 1.82) is 0 Å². The molecule has 9 heteroatoms. The summed E-state index contributed by atoms with van der Waals surface area (Å²) in [7, 11) is 1.25. The second kappa shape index (κ2) is 5.60. The molecule has 1 unspecified atom stereocenters. The molecule has 0 radical (unpaired) electrons. The van der Waals surface area contributed by atoms with Crippen molar-refractivity contribution in [2.45, 2.75) is 18.6 Å². The number of amides is 2. The summed E-state index contributed by atoms with van der Waals surface area (Å²) >= 11 is 0. The van der Waals surface area contributed by atoms with Gasteiger partial charge in [-0.1, -0.05) is 0 Å². The molecule has 0 aliphatic rings. The van der Waals surface area contributed by atoms with E-state index in [2.05, 4.69) is 0 Å². The Hall–Kier alpha value is -2.29. The number of carbonyl (C=O) groups excluding carboxylic acids is 2. The third-order valence-corrected chi connectivity index (χ3v) is 2.79. The number of rotatable bonds is 4. The van der Waals surface area contributed by atoms with Crippen molar-refractivity contribution in [1.82, 2.24) is 0 Å². The number of nitrogens with one attached hydrogen (secondary N) is 1. The molecule has 1 aromatic carbocycles. The zero-order chi connectivity index (χ0) is 16.4. The largest absolute Gasteiger partial charge is 0.495 e. The molecule has 2 amide bonds. The highest BCUT2D eigenvalue weighted by Crippen LogP contribution is 2.31. The van der Waals surface area contributed by atoms with Gasteiger partial charge in [-0.3, -0.25) is 9.59 Å². The zero-order valence-corrected chi connectivity index (χ0v) is 11.2. The van der Waals surface area contributed by atoms with Gasteiger partial charge in [0.05, 0.1) is 12.8 Å².